The van der Waals surface area contributed by atoms with E-state index < -0.39 is 5.60 Å². The lowest BCUT2D eigenvalue weighted by molar-refractivity contribution is 0.00950. The van der Waals surface area contributed by atoms with Crippen molar-refractivity contribution in [3.8, 4) is 0 Å². The van der Waals surface area contributed by atoms with Crippen molar-refractivity contribution in [2.45, 2.75) is 32.0 Å². The van der Waals surface area contributed by atoms with E-state index in [9.17, 15) is 0 Å². The molecule has 2 aliphatic rings. The fourth-order valence-corrected chi connectivity index (χ4v) is 4.80. The first-order chi connectivity index (χ1) is 14.1. The number of fused-ring (bicyclic) bond motifs is 1. The molecular formula is C26H23ClO2. The molecule has 3 heteroatoms. The van der Waals surface area contributed by atoms with Crippen LogP contribution in [0, 0.1) is 13.8 Å². The third-order valence-electron chi connectivity index (χ3n) is 5.93. The zero-order chi connectivity index (χ0) is 20.0. The van der Waals surface area contributed by atoms with Crippen LogP contribution in [-0.4, -0.2) is 12.7 Å². The van der Waals surface area contributed by atoms with Crippen LogP contribution >= 0.6 is 11.6 Å². The highest BCUT2D eigenvalue weighted by Crippen LogP contribution is 2.56. The highest BCUT2D eigenvalue weighted by molar-refractivity contribution is 6.32. The molecule has 0 amide bonds. The van der Waals surface area contributed by atoms with Crippen molar-refractivity contribution in [1.29, 1.82) is 0 Å². The molecule has 0 unspecified atom stereocenters. The Morgan fingerprint density at radius 2 is 1.66 bits per heavy atom. The van der Waals surface area contributed by atoms with Gasteiger partial charge in [0, 0.05) is 17.6 Å². The monoisotopic (exact) mass is 402 g/mol. The lowest BCUT2D eigenvalue weighted by Gasteiger charge is -2.30. The molecule has 2 heterocycles. The van der Waals surface area contributed by atoms with Crippen LogP contribution in [0.25, 0.3) is 11.3 Å². The van der Waals surface area contributed by atoms with Crippen LogP contribution in [-0.2, 0) is 15.1 Å². The van der Waals surface area contributed by atoms with E-state index in [-0.39, 0.29) is 6.10 Å². The van der Waals surface area contributed by atoms with Gasteiger partial charge in [-0.25, -0.2) is 0 Å². The van der Waals surface area contributed by atoms with E-state index in [2.05, 4.69) is 62.4 Å². The first-order valence-electron chi connectivity index (χ1n) is 10.0. The van der Waals surface area contributed by atoms with E-state index in [1.165, 1.54) is 11.1 Å². The van der Waals surface area contributed by atoms with Crippen LogP contribution in [0.4, 0.5) is 0 Å². The van der Waals surface area contributed by atoms with Crippen molar-refractivity contribution in [3.63, 3.8) is 0 Å². The van der Waals surface area contributed by atoms with Crippen molar-refractivity contribution in [3.05, 3.63) is 106 Å². The Kier molecular flexibility index (Phi) is 4.49. The molecule has 3 aromatic carbocycles. The van der Waals surface area contributed by atoms with Gasteiger partial charge in [0.25, 0.3) is 0 Å². The van der Waals surface area contributed by atoms with E-state index >= 15 is 0 Å². The molecular weight excluding hydrogens is 380 g/mol. The molecule has 5 rings (SSSR count). The number of rotatable bonds is 3. The lowest BCUT2D eigenvalue weighted by atomic mass is 9.82. The standard InChI is InChI=1S/C26H23ClO2/c1-17-7-5-9-19(15-17)23-24(21-11-3-4-12-22(21)27)29-26(13-14-28-25(23)26)20-10-6-8-18(2)16-20/h3-12,15-16,25H,13-14H2,1-2H3/t25-,26+/m0/s1. The summed E-state index contributed by atoms with van der Waals surface area (Å²) in [5.41, 5.74) is 6.18. The summed E-state index contributed by atoms with van der Waals surface area (Å²) in [6.07, 6.45) is 0.641. The van der Waals surface area contributed by atoms with E-state index in [1.807, 2.05) is 24.3 Å². The molecule has 0 radical (unpaired) electrons. The smallest absolute Gasteiger partial charge is 0.166 e. The Morgan fingerprint density at radius 1 is 0.897 bits per heavy atom. The summed E-state index contributed by atoms with van der Waals surface area (Å²) in [7, 11) is 0. The van der Waals surface area contributed by atoms with Crippen LogP contribution in [0.3, 0.4) is 0 Å². The van der Waals surface area contributed by atoms with Gasteiger partial charge in [0.1, 0.15) is 11.9 Å². The summed E-state index contributed by atoms with van der Waals surface area (Å²) >= 11 is 6.61. The molecule has 146 valence electrons. The van der Waals surface area contributed by atoms with Gasteiger partial charge >= 0.3 is 0 Å². The number of hydrogen-bond donors (Lipinski definition) is 0. The number of benzene rings is 3. The first-order valence-corrected chi connectivity index (χ1v) is 10.4. The second-order valence-corrected chi connectivity index (χ2v) is 8.36. The SMILES string of the molecule is Cc1cccc(C2=C(c3ccccc3Cl)O[C@@]3(c4cccc(C)c4)CCO[C@@H]23)c1. The minimum atomic E-state index is -0.528. The number of aryl methyl sites for hydroxylation is 2. The molecule has 0 aromatic heterocycles. The third-order valence-corrected chi connectivity index (χ3v) is 6.26. The number of hydrogen-bond acceptors (Lipinski definition) is 2. The quantitative estimate of drug-likeness (QED) is 0.495. The molecule has 0 bridgehead atoms. The molecule has 3 aromatic rings. The second-order valence-electron chi connectivity index (χ2n) is 7.95. The Hall–Kier alpha value is -2.55. The average Bonchev–Trinajstić information content (AvgIpc) is 3.26. The Morgan fingerprint density at radius 3 is 2.41 bits per heavy atom. The van der Waals surface area contributed by atoms with Gasteiger partial charge in [-0.15, -0.1) is 0 Å². The maximum atomic E-state index is 6.86. The topological polar surface area (TPSA) is 18.5 Å². The van der Waals surface area contributed by atoms with Crippen molar-refractivity contribution in [2.75, 3.05) is 6.61 Å². The van der Waals surface area contributed by atoms with Crippen LogP contribution in [0.15, 0.2) is 72.8 Å². The van der Waals surface area contributed by atoms with E-state index in [0.717, 1.165) is 34.4 Å². The predicted molar refractivity (Wildman–Crippen MR) is 118 cm³/mol. The third kappa shape index (κ3) is 2.99. The molecule has 0 aliphatic carbocycles. The Bertz CT molecular complexity index is 1120. The zero-order valence-electron chi connectivity index (χ0n) is 16.6. The number of halogens is 1. The largest absolute Gasteiger partial charge is 0.478 e. The van der Waals surface area contributed by atoms with Gasteiger partial charge in [-0.2, -0.15) is 0 Å². The molecule has 0 N–H and O–H groups in total. The minimum absolute atomic E-state index is 0.169. The van der Waals surface area contributed by atoms with Crippen molar-refractivity contribution < 1.29 is 9.47 Å². The van der Waals surface area contributed by atoms with E-state index in [0.29, 0.717) is 11.6 Å². The zero-order valence-corrected chi connectivity index (χ0v) is 17.4. The second kappa shape index (κ2) is 7.05. The van der Waals surface area contributed by atoms with Gasteiger partial charge in [-0.1, -0.05) is 83.4 Å². The summed E-state index contributed by atoms with van der Waals surface area (Å²) in [5.74, 6) is 0.826. The minimum Gasteiger partial charge on any atom is -0.478 e. The molecule has 2 nitrogen and oxygen atoms in total. The van der Waals surface area contributed by atoms with Gasteiger partial charge in [0.05, 0.1) is 11.6 Å². The molecule has 0 spiro atoms. The first kappa shape index (κ1) is 18.5. The Labute approximate surface area is 176 Å². The van der Waals surface area contributed by atoms with E-state index in [1.54, 1.807) is 0 Å². The molecule has 1 fully saturated rings. The van der Waals surface area contributed by atoms with Crippen LogP contribution in [0.1, 0.15) is 34.2 Å². The van der Waals surface area contributed by atoms with Gasteiger partial charge < -0.3 is 9.47 Å². The maximum Gasteiger partial charge on any atom is 0.166 e. The predicted octanol–water partition coefficient (Wildman–Crippen LogP) is 6.54. The molecule has 2 aliphatic heterocycles. The van der Waals surface area contributed by atoms with E-state index in [4.69, 9.17) is 21.1 Å². The van der Waals surface area contributed by atoms with Gasteiger partial charge in [0.15, 0.2) is 5.60 Å². The highest BCUT2D eigenvalue weighted by Gasteiger charge is 2.56. The van der Waals surface area contributed by atoms with Crippen molar-refractivity contribution in [2.24, 2.45) is 0 Å². The number of ether oxygens (including phenoxy) is 2. The fourth-order valence-electron chi connectivity index (χ4n) is 4.57. The Balaban J connectivity index is 1.74. The molecule has 29 heavy (non-hydrogen) atoms. The summed E-state index contributed by atoms with van der Waals surface area (Å²) in [6, 6.07) is 25.0. The van der Waals surface area contributed by atoms with Crippen LogP contribution in [0.5, 0.6) is 0 Å². The summed E-state index contributed by atoms with van der Waals surface area (Å²) in [5, 5.41) is 0.687. The van der Waals surface area contributed by atoms with Crippen LogP contribution in [0.2, 0.25) is 5.02 Å². The normalized spacial score (nSPS) is 23.2. The lowest BCUT2D eigenvalue weighted by Crippen LogP contribution is -2.34. The molecule has 2 atom stereocenters. The van der Waals surface area contributed by atoms with Crippen LogP contribution < -0.4 is 0 Å². The van der Waals surface area contributed by atoms with Gasteiger partial charge in [-0.3, -0.25) is 0 Å². The fraction of sp³-hybridized carbons (Fsp3) is 0.231. The highest BCUT2D eigenvalue weighted by atomic mass is 35.5. The summed E-state index contributed by atoms with van der Waals surface area (Å²) < 4.78 is 13.2. The maximum absolute atomic E-state index is 6.86. The van der Waals surface area contributed by atoms with Crippen molar-refractivity contribution in [1.82, 2.24) is 0 Å². The summed E-state index contributed by atoms with van der Waals surface area (Å²) in [6.45, 7) is 4.89. The van der Waals surface area contributed by atoms with Crippen molar-refractivity contribution >= 4 is 22.9 Å². The molecule has 1 saturated heterocycles. The molecule has 0 saturated carbocycles. The van der Waals surface area contributed by atoms with Gasteiger partial charge in [-0.05, 0) is 37.1 Å². The average molecular weight is 403 g/mol. The summed E-state index contributed by atoms with van der Waals surface area (Å²) in [4.78, 5) is 0. The van der Waals surface area contributed by atoms with Gasteiger partial charge in [0.2, 0.25) is 0 Å².